The third-order valence-corrected chi connectivity index (χ3v) is 1.73. The SMILES string of the molecule is CCC(=S)[S-].CCC(=S)[S-].[Li+].[Li+]. The third-order valence-electron chi connectivity index (χ3n) is 0.577. The number of hydrogen-bond donors (Lipinski definition) is 0. The summed E-state index contributed by atoms with van der Waals surface area (Å²) in [6.45, 7) is 3.91. The van der Waals surface area contributed by atoms with Gasteiger partial charge in [0.25, 0.3) is 0 Å². The van der Waals surface area contributed by atoms with Crippen LogP contribution in [0.15, 0.2) is 0 Å². The summed E-state index contributed by atoms with van der Waals surface area (Å²) in [7, 11) is 0. The van der Waals surface area contributed by atoms with Crippen molar-refractivity contribution in [3.63, 3.8) is 0 Å². The first-order chi connectivity index (χ1) is 4.54. The second kappa shape index (κ2) is 18.6. The van der Waals surface area contributed by atoms with Gasteiger partial charge in [-0.1, -0.05) is 13.8 Å². The van der Waals surface area contributed by atoms with Crippen molar-refractivity contribution in [3.05, 3.63) is 0 Å². The van der Waals surface area contributed by atoms with E-state index in [4.69, 9.17) is 0 Å². The van der Waals surface area contributed by atoms with Gasteiger partial charge in [-0.05, 0) is 12.8 Å². The van der Waals surface area contributed by atoms with E-state index in [0.717, 1.165) is 12.8 Å². The molecule has 0 aliphatic rings. The Bertz CT molecular complexity index is 102. The molecular formula is C6H10Li2S4. The topological polar surface area (TPSA) is 0 Å². The maximum absolute atomic E-state index is 4.51. The Balaban J connectivity index is -0.0000000457. The molecule has 0 fully saturated rings. The summed E-state index contributed by atoms with van der Waals surface area (Å²) in [6.07, 6.45) is 1.70. The summed E-state index contributed by atoms with van der Waals surface area (Å²) in [4.78, 5) is 0. The van der Waals surface area contributed by atoms with Crippen molar-refractivity contribution in [2.45, 2.75) is 26.7 Å². The first-order valence-corrected chi connectivity index (χ1v) is 4.57. The van der Waals surface area contributed by atoms with Crippen LogP contribution in [0.4, 0.5) is 0 Å². The maximum Gasteiger partial charge on any atom is 1.00 e. The van der Waals surface area contributed by atoms with Gasteiger partial charge in [-0.2, -0.15) is 8.39 Å². The fourth-order valence-corrected chi connectivity index (χ4v) is 0. The molecule has 0 aromatic carbocycles. The quantitative estimate of drug-likeness (QED) is 0.272. The zero-order valence-corrected chi connectivity index (χ0v) is 11.3. The largest absolute Gasteiger partial charge is 1.00 e. The second-order valence-corrected chi connectivity index (χ2v) is 3.94. The Morgan fingerprint density at radius 1 is 0.917 bits per heavy atom. The van der Waals surface area contributed by atoms with Crippen LogP contribution in [0.2, 0.25) is 0 Å². The molecule has 0 nitrogen and oxygen atoms in total. The molecule has 0 N–H and O–H groups in total. The van der Waals surface area contributed by atoms with Gasteiger partial charge in [-0.15, -0.1) is 0 Å². The van der Waals surface area contributed by atoms with E-state index in [1.165, 1.54) is 0 Å². The Labute approximate surface area is 121 Å². The molecule has 60 valence electrons. The zero-order valence-electron chi connectivity index (χ0n) is 8.05. The van der Waals surface area contributed by atoms with Gasteiger partial charge in [-0.3, -0.25) is 0 Å². The number of hydrogen-bond acceptors (Lipinski definition) is 4. The van der Waals surface area contributed by atoms with Crippen LogP contribution in [0.25, 0.3) is 0 Å². The van der Waals surface area contributed by atoms with Crippen LogP contribution in [0.3, 0.4) is 0 Å². The molecule has 0 atom stereocenters. The minimum Gasteiger partial charge on any atom is -0.433 e. The van der Waals surface area contributed by atoms with Gasteiger partial charge in [0.15, 0.2) is 0 Å². The molecule has 0 aliphatic heterocycles. The fourth-order valence-electron chi connectivity index (χ4n) is 0. The average Bonchev–Trinajstić information content (AvgIpc) is 1.89. The molecule has 0 radical (unpaired) electrons. The molecule has 0 amide bonds. The van der Waals surface area contributed by atoms with E-state index < -0.39 is 0 Å². The van der Waals surface area contributed by atoms with Gasteiger partial charge in [0, 0.05) is 0 Å². The molecule has 0 aromatic rings. The van der Waals surface area contributed by atoms with Crippen molar-refractivity contribution in [1.82, 2.24) is 0 Å². The van der Waals surface area contributed by atoms with Crippen molar-refractivity contribution in [1.29, 1.82) is 0 Å². The summed E-state index contributed by atoms with van der Waals surface area (Å²) in [5.74, 6) is 0. The first kappa shape index (κ1) is 23.6. The second-order valence-electron chi connectivity index (χ2n) is 1.45. The van der Waals surface area contributed by atoms with Crippen molar-refractivity contribution in [2.24, 2.45) is 0 Å². The summed E-state index contributed by atoms with van der Waals surface area (Å²) in [5.41, 5.74) is 0. The predicted octanol–water partition coefficient (Wildman–Crippen LogP) is -3.45. The van der Waals surface area contributed by atoms with Gasteiger partial charge in [0.2, 0.25) is 0 Å². The third kappa shape index (κ3) is 40.9. The predicted molar refractivity (Wildman–Crippen MR) is 60.5 cm³/mol. The average molecular weight is 224 g/mol. The van der Waals surface area contributed by atoms with Crippen LogP contribution in [0.5, 0.6) is 0 Å². The van der Waals surface area contributed by atoms with Gasteiger partial charge in [0.1, 0.15) is 0 Å². The monoisotopic (exact) mass is 224 g/mol. The van der Waals surface area contributed by atoms with E-state index in [-0.39, 0.29) is 37.7 Å². The van der Waals surface area contributed by atoms with E-state index in [1.807, 2.05) is 13.8 Å². The molecule has 6 heteroatoms. The Morgan fingerprint density at radius 2 is 1.00 bits per heavy atom. The standard InChI is InChI=1S/2C3H6S2.2Li/c2*1-2-3(4)5;;/h2*2H2,1H3,(H,4,5);;/q;;2*+1/p-2. The molecule has 0 rings (SSSR count). The van der Waals surface area contributed by atoms with Crippen molar-refractivity contribution in [3.8, 4) is 0 Å². The summed E-state index contributed by atoms with van der Waals surface area (Å²) >= 11 is 18.0. The summed E-state index contributed by atoms with van der Waals surface area (Å²) in [6, 6.07) is 0. The normalized spacial score (nSPS) is 6.17. The smallest absolute Gasteiger partial charge is 0.433 e. The van der Waals surface area contributed by atoms with Crippen LogP contribution in [-0.4, -0.2) is 8.39 Å². The molecule has 0 saturated carbocycles. The van der Waals surface area contributed by atoms with E-state index in [9.17, 15) is 0 Å². The minimum absolute atomic E-state index is 0. The molecule has 12 heavy (non-hydrogen) atoms. The van der Waals surface area contributed by atoms with Crippen molar-refractivity contribution < 1.29 is 37.7 Å². The number of thiocarbonyl (C=S) groups is 2. The van der Waals surface area contributed by atoms with Gasteiger partial charge < -0.3 is 49.7 Å². The zero-order chi connectivity index (χ0) is 8.57. The summed E-state index contributed by atoms with van der Waals surface area (Å²) < 4.78 is 1.34. The van der Waals surface area contributed by atoms with Crippen LogP contribution in [-0.2, 0) is 25.3 Å². The van der Waals surface area contributed by atoms with E-state index in [0.29, 0.717) is 8.39 Å². The molecule has 0 saturated heterocycles. The Kier molecular flexibility index (Phi) is 36.4. The molecule has 0 bridgehead atoms. The van der Waals surface area contributed by atoms with Gasteiger partial charge >= 0.3 is 37.7 Å². The minimum atomic E-state index is 0. The van der Waals surface area contributed by atoms with Gasteiger partial charge in [-0.25, -0.2) is 0 Å². The van der Waals surface area contributed by atoms with E-state index in [1.54, 1.807) is 0 Å². The molecule has 0 aliphatic carbocycles. The van der Waals surface area contributed by atoms with Crippen LogP contribution < -0.4 is 37.7 Å². The van der Waals surface area contributed by atoms with Crippen molar-refractivity contribution >= 4 is 58.1 Å². The molecule has 0 unspecified atom stereocenters. The molecule has 0 aromatic heterocycles. The van der Waals surface area contributed by atoms with Crippen LogP contribution in [0.1, 0.15) is 26.7 Å². The number of rotatable bonds is 2. The molecule has 0 heterocycles. The van der Waals surface area contributed by atoms with Crippen molar-refractivity contribution in [2.75, 3.05) is 0 Å². The Morgan fingerprint density at radius 3 is 1.00 bits per heavy atom. The van der Waals surface area contributed by atoms with Crippen LogP contribution >= 0.6 is 24.4 Å². The first-order valence-electron chi connectivity index (χ1n) is 2.94. The fraction of sp³-hybridized carbons (Fsp3) is 0.667. The van der Waals surface area contributed by atoms with E-state index in [2.05, 4.69) is 49.7 Å². The Hall–Kier alpha value is 1.81. The maximum atomic E-state index is 4.51. The van der Waals surface area contributed by atoms with Crippen LogP contribution in [0, 0.1) is 0 Å². The van der Waals surface area contributed by atoms with Gasteiger partial charge in [0.05, 0.1) is 0 Å². The molecule has 0 spiro atoms. The van der Waals surface area contributed by atoms with E-state index >= 15 is 0 Å². The molecular weight excluding hydrogens is 214 g/mol. The summed E-state index contributed by atoms with van der Waals surface area (Å²) in [5, 5.41) is 0.